The molecule has 0 aliphatic heterocycles. The monoisotopic (exact) mass is 281 g/mol. The maximum atomic E-state index is 12.1. The molecular formula is C12H16ClN5O. The van der Waals surface area contributed by atoms with Crippen LogP contribution in [-0.2, 0) is 13.6 Å². The van der Waals surface area contributed by atoms with E-state index in [1.807, 2.05) is 13.2 Å². The van der Waals surface area contributed by atoms with Crippen LogP contribution in [0.2, 0.25) is 0 Å². The summed E-state index contributed by atoms with van der Waals surface area (Å²) in [7, 11) is 3.56. The van der Waals surface area contributed by atoms with Gasteiger partial charge in [-0.25, -0.2) is 4.98 Å². The highest BCUT2D eigenvalue weighted by molar-refractivity contribution is 5.92. The maximum Gasteiger partial charge on any atom is 0.272 e. The smallest absolute Gasteiger partial charge is 0.272 e. The van der Waals surface area contributed by atoms with Gasteiger partial charge in [-0.3, -0.25) is 9.48 Å². The Bertz CT molecular complexity index is 569. The zero-order valence-electron chi connectivity index (χ0n) is 10.8. The van der Waals surface area contributed by atoms with Crippen molar-refractivity contribution in [3.63, 3.8) is 0 Å². The summed E-state index contributed by atoms with van der Waals surface area (Å²) in [5, 5.41) is 4.06. The lowest BCUT2D eigenvalue weighted by Gasteiger charge is -2.15. The first-order chi connectivity index (χ1) is 8.56. The summed E-state index contributed by atoms with van der Waals surface area (Å²) < 4.78 is 1.70. The van der Waals surface area contributed by atoms with Gasteiger partial charge in [-0.1, -0.05) is 6.07 Å². The maximum absolute atomic E-state index is 12.1. The van der Waals surface area contributed by atoms with Gasteiger partial charge in [0.2, 0.25) is 0 Å². The van der Waals surface area contributed by atoms with Crippen LogP contribution < -0.4 is 5.73 Å². The molecule has 2 aromatic heterocycles. The number of nitrogens with zero attached hydrogens (tertiary/aromatic N) is 4. The summed E-state index contributed by atoms with van der Waals surface area (Å²) in [5.74, 6) is 0.182. The topological polar surface area (TPSA) is 77.0 Å². The second-order valence-corrected chi connectivity index (χ2v) is 4.13. The molecule has 0 atom stereocenters. The number of nitrogen functional groups attached to an aromatic ring is 1. The first-order valence-corrected chi connectivity index (χ1v) is 5.52. The number of aryl methyl sites for hydroxylation is 1. The van der Waals surface area contributed by atoms with Crippen molar-refractivity contribution < 1.29 is 4.79 Å². The molecule has 0 aromatic carbocycles. The molecule has 2 rings (SSSR count). The Labute approximate surface area is 117 Å². The van der Waals surface area contributed by atoms with Crippen LogP contribution in [0.1, 0.15) is 16.1 Å². The Kier molecular flexibility index (Phi) is 4.88. The molecule has 7 heteroatoms. The number of aromatic nitrogens is 3. The largest absolute Gasteiger partial charge is 0.384 e. The second kappa shape index (κ2) is 6.19. The number of nitrogens with two attached hydrogens (primary N) is 1. The van der Waals surface area contributed by atoms with Crippen molar-refractivity contribution in [2.45, 2.75) is 6.54 Å². The quantitative estimate of drug-likeness (QED) is 0.914. The average molecular weight is 282 g/mol. The fraction of sp³-hybridized carbons (Fsp3) is 0.250. The van der Waals surface area contributed by atoms with Crippen LogP contribution >= 0.6 is 12.4 Å². The zero-order valence-corrected chi connectivity index (χ0v) is 11.6. The molecular weight excluding hydrogens is 266 g/mol. The SMILES string of the molecule is CN(Cc1cnn(C)c1)C(=O)c1cccc(N)n1.Cl. The molecule has 0 fully saturated rings. The Balaban J connectivity index is 0.00000180. The number of rotatable bonds is 3. The van der Waals surface area contributed by atoms with Crippen molar-refractivity contribution in [1.29, 1.82) is 0 Å². The van der Waals surface area contributed by atoms with Gasteiger partial charge < -0.3 is 10.6 Å². The Morgan fingerprint density at radius 1 is 1.47 bits per heavy atom. The molecule has 0 aliphatic carbocycles. The first kappa shape index (κ1) is 15.0. The van der Waals surface area contributed by atoms with Gasteiger partial charge in [0, 0.05) is 32.4 Å². The fourth-order valence-electron chi connectivity index (χ4n) is 1.67. The zero-order chi connectivity index (χ0) is 13.1. The van der Waals surface area contributed by atoms with Crippen LogP contribution in [-0.4, -0.2) is 32.6 Å². The lowest BCUT2D eigenvalue weighted by molar-refractivity contribution is 0.0779. The summed E-state index contributed by atoms with van der Waals surface area (Å²) in [6, 6.07) is 5.02. The van der Waals surface area contributed by atoms with Gasteiger partial charge in [0.25, 0.3) is 5.91 Å². The molecule has 0 spiro atoms. The summed E-state index contributed by atoms with van der Waals surface area (Å²) in [5.41, 5.74) is 6.88. The van der Waals surface area contributed by atoms with Gasteiger partial charge in [0.05, 0.1) is 6.20 Å². The van der Waals surface area contributed by atoms with Gasteiger partial charge in [0.1, 0.15) is 11.5 Å². The van der Waals surface area contributed by atoms with Crippen molar-refractivity contribution >= 4 is 24.1 Å². The van der Waals surface area contributed by atoms with Crippen molar-refractivity contribution in [2.24, 2.45) is 7.05 Å². The normalized spacial score (nSPS) is 9.79. The van der Waals surface area contributed by atoms with Crippen molar-refractivity contribution in [1.82, 2.24) is 19.7 Å². The summed E-state index contributed by atoms with van der Waals surface area (Å²) >= 11 is 0. The van der Waals surface area contributed by atoms with E-state index < -0.39 is 0 Å². The standard InChI is InChI=1S/C12H15N5O.ClH/c1-16(7-9-6-14-17(2)8-9)12(18)10-4-3-5-11(13)15-10;/h3-6,8H,7H2,1-2H3,(H2,13,15);1H. The lowest BCUT2D eigenvalue weighted by Crippen LogP contribution is -2.27. The fourth-order valence-corrected chi connectivity index (χ4v) is 1.67. The molecule has 2 aromatic rings. The molecule has 0 saturated carbocycles. The molecule has 1 amide bonds. The van der Waals surface area contributed by atoms with E-state index in [4.69, 9.17) is 5.73 Å². The van der Waals surface area contributed by atoms with E-state index in [-0.39, 0.29) is 18.3 Å². The molecule has 0 aliphatic rings. The first-order valence-electron chi connectivity index (χ1n) is 5.52. The highest BCUT2D eigenvalue weighted by Gasteiger charge is 2.14. The van der Waals surface area contributed by atoms with Crippen molar-refractivity contribution in [3.05, 3.63) is 41.9 Å². The van der Waals surface area contributed by atoms with Gasteiger partial charge >= 0.3 is 0 Å². The van der Waals surface area contributed by atoms with Crippen molar-refractivity contribution in [2.75, 3.05) is 12.8 Å². The Morgan fingerprint density at radius 3 is 2.79 bits per heavy atom. The van der Waals surface area contributed by atoms with E-state index in [0.29, 0.717) is 18.1 Å². The van der Waals surface area contributed by atoms with Gasteiger partial charge in [-0.05, 0) is 12.1 Å². The van der Waals surface area contributed by atoms with E-state index in [1.54, 1.807) is 41.0 Å². The van der Waals surface area contributed by atoms with Crippen LogP contribution in [0, 0.1) is 0 Å². The van der Waals surface area contributed by atoms with Crippen LogP contribution in [0.4, 0.5) is 5.82 Å². The average Bonchev–Trinajstić information content (AvgIpc) is 2.73. The van der Waals surface area contributed by atoms with E-state index in [0.717, 1.165) is 5.56 Å². The third-order valence-corrected chi connectivity index (χ3v) is 2.51. The number of anilines is 1. The van der Waals surface area contributed by atoms with Gasteiger partial charge in [-0.2, -0.15) is 5.10 Å². The minimum Gasteiger partial charge on any atom is -0.384 e. The minimum atomic E-state index is -0.161. The Morgan fingerprint density at radius 2 is 2.21 bits per heavy atom. The van der Waals surface area contributed by atoms with Crippen LogP contribution in [0.3, 0.4) is 0 Å². The van der Waals surface area contributed by atoms with E-state index in [1.165, 1.54) is 0 Å². The number of amides is 1. The third kappa shape index (κ3) is 3.69. The molecule has 19 heavy (non-hydrogen) atoms. The summed E-state index contributed by atoms with van der Waals surface area (Å²) in [6.07, 6.45) is 3.60. The van der Waals surface area contributed by atoms with Crippen molar-refractivity contribution in [3.8, 4) is 0 Å². The number of carbonyl (C=O) groups excluding carboxylic acids is 1. The molecule has 0 bridgehead atoms. The molecule has 0 radical (unpaired) electrons. The van der Waals surface area contributed by atoms with E-state index in [9.17, 15) is 4.79 Å². The number of hydrogen-bond donors (Lipinski definition) is 1. The van der Waals surface area contributed by atoms with E-state index >= 15 is 0 Å². The molecule has 102 valence electrons. The number of hydrogen-bond acceptors (Lipinski definition) is 4. The summed E-state index contributed by atoms with van der Waals surface area (Å²) in [4.78, 5) is 17.7. The molecule has 0 unspecified atom stereocenters. The molecule has 6 nitrogen and oxygen atoms in total. The predicted octanol–water partition coefficient (Wildman–Crippen LogP) is 1.09. The van der Waals surface area contributed by atoms with Crippen LogP contribution in [0.5, 0.6) is 0 Å². The third-order valence-electron chi connectivity index (χ3n) is 2.51. The molecule has 0 saturated heterocycles. The van der Waals surface area contributed by atoms with Gasteiger partial charge in [-0.15, -0.1) is 12.4 Å². The Hall–Kier alpha value is -2.08. The number of pyridine rings is 1. The minimum absolute atomic E-state index is 0. The van der Waals surface area contributed by atoms with E-state index in [2.05, 4.69) is 10.1 Å². The highest BCUT2D eigenvalue weighted by atomic mass is 35.5. The lowest BCUT2D eigenvalue weighted by atomic mass is 10.3. The van der Waals surface area contributed by atoms with Crippen LogP contribution in [0.25, 0.3) is 0 Å². The van der Waals surface area contributed by atoms with Gasteiger partial charge in [0.15, 0.2) is 0 Å². The molecule has 2 heterocycles. The second-order valence-electron chi connectivity index (χ2n) is 4.13. The van der Waals surface area contributed by atoms with Crippen LogP contribution in [0.15, 0.2) is 30.6 Å². The molecule has 2 N–H and O–H groups in total. The number of halogens is 1. The predicted molar refractivity (Wildman–Crippen MR) is 74.9 cm³/mol. The number of carbonyl (C=O) groups is 1. The summed E-state index contributed by atoms with van der Waals surface area (Å²) in [6.45, 7) is 0.489. The highest BCUT2D eigenvalue weighted by Crippen LogP contribution is 2.07.